The molecule has 0 fully saturated rings. The normalized spacial score (nSPS) is 10.4. The first-order valence-corrected chi connectivity index (χ1v) is 5.69. The minimum Gasteiger partial charge on any atom is -0.389 e. The summed E-state index contributed by atoms with van der Waals surface area (Å²) in [7, 11) is 0. The minimum atomic E-state index is -1.36. The molecular weight excluding hydrogens is 261 g/mol. The Morgan fingerprint density at radius 1 is 1.00 bits per heavy atom. The lowest BCUT2D eigenvalue weighted by Gasteiger charge is -2.10. The average Bonchev–Trinajstić information content (AvgIpc) is 2.34. The van der Waals surface area contributed by atoms with Crippen LogP contribution >= 0.6 is 0 Å². The van der Waals surface area contributed by atoms with Crippen molar-refractivity contribution in [2.24, 2.45) is 0 Å². The second-order valence-electron chi connectivity index (χ2n) is 4.08. The molecule has 0 aliphatic heterocycles. The molecule has 104 valence electrons. The third-order valence-electron chi connectivity index (χ3n) is 2.64. The average molecular weight is 274 g/mol. The molecule has 0 unspecified atom stereocenters. The van der Waals surface area contributed by atoms with E-state index in [0.717, 1.165) is 13.8 Å². The molecule has 0 amide bonds. The SMILES string of the molecule is CCCC(=O)OC(=O)c1c(C)c(F)c(F)c(C)c1F. The van der Waals surface area contributed by atoms with E-state index in [4.69, 9.17) is 0 Å². The van der Waals surface area contributed by atoms with E-state index in [1.54, 1.807) is 6.92 Å². The van der Waals surface area contributed by atoms with Crippen LogP contribution in [0.1, 0.15) is 41.3 Å². The Balaban J connectivity index is 3.21. The molecule has 6 heteroatoms. The lowest BCUT2D eigenvalue weighted by Crippen LogP contribution is -2.17. The van der Waals surface area contributed by atoms with Gasteiger partial charge >= 0.3 is 11.9 Å². The number of esters is 2. The number of ether oxygens (including phenoxy) is 1. The summed E-state index contributed by atoms with van der Waals surface area (Å²) in [5, 5.41) is 0. The second-order valence-corrected chi connectivity index (χ2v) is 4.08. The Labute approximate surface area is 108 Å². The largest absolute Gasteiger partial charge is 0.389 e. The zero-order valence-electron chi connectivity index (χ0n) is 10.8. The van der Waals surface area contributed by atoms with Gasteiger partial charge in [-0.3, -0.25) is 4.79 Å². The molecule has 3 nitrogen and oxygen atoms in total. The van der Waals surface area contributed by atoms with E-state index in [1.165, 1.54) is 0 Å². The van der Waals surface area contributed by atoms with Gasteiger partial charge in [-0.15, -0.1) is 0 Å². The van der Waals surface area contributed by atoms with Gasteiger partial charge in [-0.1, -0.05) is 6.92 Å². The predicted octanol–water partition coefficient (Wildman–Crippen LogP) is 3.20. The summed E-state index contributed by atoms with van der Waals surface area (Å²) in [5.41, 5.74) is -1.89. The van der Waals surface area contributed by atoms with Crippen LogP contribution < -0.4 is 0 Å². The van der Waals surface area contributed by atoms with Gasteiger partial charge in [0, 0.05) is 17.5 Å². The molecule has 0 spiro atoms. The Morgan fingerprint density at radius 3 is 2.05 bits per heavy atom. The van der Waals surface area contributed by atoms with Gasteiger partial charge < -0.3 is 4.74 Å². The molecule has 0 N–H and O–H groups in total. The van der Waals surface area contributed by atoms with Gasteiger partial charge in [0.2, 0.25) is 0 Å². The summed E-state index contributed by atoms with van der Waals surface area (Å²) in [6.07, 6.45) is 0.430. The molecule has 0 aliphatic carbocycles. The Kier molecular flexibility index (Phi) is 4.69. The number of hydrogen-bond donors (Lipinski definition) is 0. The van der Waals surface area contributed by atoms with E-state index in [0.29, 0.717) is 6.42 Å². The first-order valence-electron chi connectivity index (χ1n) is 5.69. The molecule has 1 rings (SSSR count). The smallest absolute Gasteiger partial charge is 0.349 e. The maximum atomic E-state index is 13.8. The Bertz CT molecular complexity index is 509. The van der Waals surface area contributed by atoms with Crippen molar-refractivity contribution in [2.45, 2.75) is 33.6 Å². The molecule has 0 saturated heterocycles. The highest BCUT2D eigenvalue weighted by Crippen LogP contribution is 2.24. The number of benzene rings is 1. The third-order valence-corrected chi connectivity index (χ3v) is 2.64. The third kappa shape index (κ3) is 2.94. The van der Waals surface area contributed by atoms with Crippen molar-refractivity contribution in [1.29, 1.82) is 0 Å². The number of halogens is 3. The summed E-state index contributed by atoms with van der Waals surface area (Å²) in [6, 6.07) is 0. The topological polar surface area (TPSA) is 43.4 Å². The fraction of sp³-hybridized carbons (Fsp3) is 0.385. The van der Waals surface area contributed by atoms with E-state index in [9.17, 15) is 22.8 Å². The van der Waals surface area contributed by atoms with E-state index in [2.05, 4.69) is 4.74 Å². The minimum absolute atomic E-state index is 0.0188. The van der Waals surface area contributed by atoms with Crippen molar-refractivity contribution in [1.82, 2.24) is 0 Å². The summed E-state index contributed by atoms with van der Waals surface area (Å²) in [5.74, 6) is -6.05. The molecular formula is C13H13F3O3. The fourth-order valence-corrected chi connectivity index (χ4v) is 1.54. The highest BCUT2D eigenvalue weighted by Gasteiger charge is 2.26. The monoisotopic (exact) mass is 274 g/mol. The van der Waals surface area contributed by atoms with Crippen LogP contribution in [0.3, 0.4) is 0 Å². The summed E-state index contributed by atoms with van der Waals surface area (Å²) in [6.45, 7) is 3.74. The van der Waals surface area contributed by atoms with Crippen molar-refractivity contribution in [3.8, 4) is 0 Å². The number of rotatable bonds is 3. The summed E-state index contributed by atoms with van der Waals surface area (Å²) >= 11 is 0. The van der Waals surface area contributed by atoms with Crippen LogP contribution in [0.15, 0.2) is 0 Å². The van der Waals surface area contributed by atoms with E-state index >= 15 is 0 Å². The van der Waals surface area contributed by atoms with E-state index in [-0.39, 0.29) is 6.42 Å². The van der Waals surface area contributed by atoms with Gasteiger partial charge in [0.05, 0.1) is 0 Å². The van der Waals surface area contributed by atoms with Crippen molar-refractivity contribution in [2.75, 3.05) is 0 Å². The molecule has 0 bridgehead atoms. The quantitative estimate of drug-likeness (QED) is 0.483. The highest BCUT2D eigenvalue weighted by molar-refractivity contribution is 5.98. The molecule has 0 atom stereocenters. The summed E-state index contributed by atoms with van der Waals surface area (Å²) in [4.78, 5) is 22.8. The molecule has 1 aromatic rings. The van der Waals surface area contributed by atoms with Crippen LogP contribution in [-0.2, 0) is 9.53 Å². The van der Waals surface area contributed by atoms with Gasteiger partial charge in [0.15, 0.2) is 11.6 Å². The summed E-state index contributed by atoms with van der Waals surface area (Å²) < 4.78 is 44.8. The molecule has 0 aromatic heterocycles. The molecule has 0 heterocycles. The van der Waals surface area contributed by atoms with E-state index < -0.39 is 46.1 Å². The van der Waals surface area contributed by atoms with Crippen LogP contribution in [0.5, 0.6) is 0 Å². The Hall–Kier alpha value is -1.85. The van der Waals surface area contributed by atoms with Gasteiger partial charge in [-0.25, -0.2) is 18.0 Å². The maximum absolute atomic E-state index is 13.8. The highest BCUT2D eigenvalue weighted by atomic mass is 19.2. The molecule has 1 aromatic carbocycles. The fourth-order valence-electron chi connectivity index (χ4n) is 1.54. The van der Waals surface area contributed by atoms with Gasteiger partial charge in [0.25, 0.3) is 0 Å². The standard InChI is InChI=1S/C13H13F3O3/c1-4-5-8(17)19-13(18)9-6(2)11(15)12(16)7(3)10(9)14/h4-5H2,1-3H3. The van der Waals surface area contributed by atoms with Crippen LogP contribution in [0.25, 0.3) is 0 Å². The number of carbonyl (C=O) groups is 2. The number of hydrogen-bond acceptors (Lipinski definition) is 3. The molecule has 19 heavy (non-hydrogen) atoms. The van der Waals surface area contributed by atoms with Crippen molar-refractivity contribution in [3.63, 3.8) is 0 Å². The lowest BCUT2D eigenvalue weighted by molar-refractivity contribution is -0.138. The van der Waals surface area contributed by atoms with Crippen molar-refractivity contribution in [3.05, 3.63) is 34.1 Å². The second kappa shape index (κ2) is 5.86. The lowest BCUT2D eigenvalue weighted by atomic mass is 10.0. The number of carbonyl (C=O) groups excluding carboxylic acids is 2. The van der Waals surface area contributed by atoms with Gasteiger partial charge in [-0.2, -0.15) is 0 Å². The Morgan fingerprint density at radius 2 is 1.53 bits per heavy atom. The van der Waals surface area contributed by atoms with Crippen LogP contribution in [0.4, 0.5) is 13.2 Å². The predicted molar refractivity (Wildman–Crippen MR) is 61.1 cm³/mol. The van der Waals surface area contributed by atoms with Gasteiger partial charge in [-0.05, 0) is 20.3 Å². The van der Waals surface area contributed by atoms with Crippen LogP contribution in [0.2, 0.25) is 0 Å². The molecule has 0 aliphatic rings. The van der Waals surface area contributed by atoms with Crippen LogP contribution in [0, 0.1) is 31.3 Å². The molecule has 0 radical (unpaired) electrons. The van der Waals surface area contributed by atoms with E-state index in [1.807, 2.05) is 0 Å². The molecule has 0 saturated carbocycles. The van der Waals surface area contributed by atoms with Gasteiger partial charge in [0.1, 0.15) is 11.4 Å². The van der Waals surface area contributed by atoms with Crippen molar-refractivity contribution >= 4 is 11.9 Å². The zero-order chi connectivity index (χ0) is 14.7. The zero-order valence-corrected chi connectivity index (χ0v) is 10.8. The van der Waals surface area contributed by atoms with Crippen molar-refractivity contribution < 1.29 is 27.5 Å². The first-order chi connectivity index (χ1) is 8.81. The maximum Gasteiger partial charge on any atom is 0.349 e. The van der Waals surface area contributed by atoms with Crippen LogP contribution in [-0.4, -0.2) is 11.9 Å². The first kappa shape index (κ1) is 15.2.